The lowest BCUT2D eigenvalue weighted by molar-refractivity contribution is 0.102. The lowest BCUT2D eigenvalue weighted by atomic mass is 10.2. The zero-order chi connectivity index (χ0) is 17.8. The van der Waals surface area contributed by atoms with E-state index in [0.29, 0.717) is 26.9 Å². The van der Waals surface area contributed by atoms with E-state index in [-0.39, 0.29) is 5.91 Å². The number of amides is 1. The average Bonchev–Trinajstić information content (AvgIpc) is 3.19. The van der Waals surface area contributed by atoms with Gasteiger partial charge in [0.15, 0.2) is 0 Å². The van der Waals surface area contributed by atoms with E-state index in [1.807, 2.05) is 13.8 Å². The first-order valence-corrected chi connectivity index (χ1v) is 9.25. The highest BCUT2D eigenvalue weighted by Gasteiger charge is 2.17. The summed E-state index contributed by atoms with van der Waals surface area (Å²) in [6.07, 6.45) is 1.65. The van der Waals surface area contributed by atoms with Gasteiger partial charge in [-0.1, -0.05) is 5.16 Å². The molecule has 3 rings (SSSR count). The van der Waals surface area contributed by atoms with Gasteiger partial charge in [0, 0.05) is 17.5 Å². The molecule has 0 atom stereocenters. The Morgan fingerprint density at radius 3 is 3.00 bits per heavy atom. The van der Waals surface area contributed by atoms with Crippen LogP contribution >= 0.6 is 23.1 Å². The molecule has 8 heteroatoms. The van der Waals surface area contributed by atoms with Crippen LogP contribution in [0.25, 0.3) is 0 Å². The first-order valence-electron chi connectivity index (χ1n) is 7.38. The van der Waals surface area contributed by atoms with E-state index in [2.05, 4.69) is 21.5 Å². The minimum Gasteiger partial charge on any atom is -0.361 e. The Kier molecular flexibility index (Phi) is 5.16. The second-order valence-electron chi connectivity index (χ2n) is 5.18. The van der Waals surface area contributed by atoms with Crippen molar-refractivity contribution in [1.82, 2.24) is 10.1 Å². The van der Waals surface area contributed by atoms with Crippen molar-refractivity contribution < 1.29 is 9.32 Å². The van der Waals surface area contributed by atoms with Crippen LogP contribution < -0.4 is 5.32 Å². The summed E-state index contributed by atoms with van der Waals surface area (Å²) in [6.45, 7) is 3.75. The molecule has 0 aliphatic heterocycles. The fourth-order valence-corrected chi connectivity index (χ4v) is 4.07. The van der Waals surface area contributed by atoms with Crippen LogP contribution in [-0.2, 0) is 5.75 Å². The van der Waals surface area contributed by atoms with Gasteiger partial charge in [0.25, 0.3) is 5.91 Å². The topological polar surface area (TPSA) is 91.8 Å². The van der Waals surface area contributed by atoms with Crippen molar-refractivity contribution in [2.45, 2.75) is 24.6 Å². The molecule has 0 aliphatic carbocycles. The second kappa shape index (κ2) is 7.51. The van der Waals surface area contributed by atoms with E-state index >= 15 is 0 Å². The maximum Gasteiger partial charge on any atom is 0.259 e. The van der Waals surface area contributed by atoms with E-state index in [0.717, 1.165) is 17.0 Å². The fourth-order valence-electron chi connectivity index (χ4n) is 2.19. The van der Waals surface area contributed by atoms with Crippen LogP contribution in [0, 0.1) is 25.2 Å². The summed E-state index contributed by atoms with van der Waals surface area (Å²) in [5.41, 5.74) is 2.76. The number of nitrogens with zero attached hydrogens (tertiary/aromatic N) is 3. The van der Waals surface area contributed by atoms with Crippen molar-refractivity contribution in [1.29, 1.82) is 5.26 Å². The number of carbonyl (C=O) groups is 1. The highest BCUT2D eigenvalue weighted by Crippen LogP contribution is 2.28. The number of thiophene rings is 1. The Morgan fingerprint density at radius 1 is 1.44 bits per heavy atom. The van der Waals surface area contributed by atoms with E-state index in [1.165, 1.54) is 23.1 Å². The first-order chi connectivity index (χ1) is 12.1. The Morgan fingerprint density at radius 2 is 2.28 bits per heavy atom. The number of aromatic nitrogens is 2. The third-order valence-electron chi connectivity index (χ3n) is 3.56. The smallest absolute Gasteiger partial charge is 0.259 e. The minimum atomic E-state index is -0.284. The molecule has 3 aromatic heterocycles. The molecular formula is C17H14N4O2S2. The van der Waals surface area contributed by atoms with E-state index in [9.17, 15) is 4.79 Å². The highest BCUT2D eigenvalue weighted by atomic mass is 32.2. The van der Waals surface area contributed by atoms with Gasteiger partial charge in [0.2, 0.25) is 0 Å². The van der Waals surface area contributed by atoms with Crippen LogP contribution in [0.4, 0.5) is 5.00 Å². The summed E-state index contributed by atoms with van der Waals surface area (Å²) in [7, 11) is 0. The van der Waals surface area contributed by atoms with E-state index in [4.69, 9.17) is 9.78 Å². The summed E-state index contributed by atoms with van der Waals surface area (Å²) in [5, 5.41) is 18.7. The molecule has 6 nitrogen and oxygen atoms in total. The third kappa shape index (κ3) is 3.73. The van der Waals surface area contributed by atoms with Crippen LogP contribution in [0.2, 0.25) is 0 Å². The van der Waals surface area contributed by atoms with Gasteiger partial charge < -0.3 is 9.84 Å². The number of hydrogen-bond acceptors (Lipinski definition) is 7. The summed E-state index contributed by atoms with van der Waals surface area (Å²) >= 11 is 2.77. The molecule has 25 heavy (non-hydrogen) atoms. The molecule has 0 unspecified atom stereocenters. The van der Waals surface area contributed by atoms with Crippen LogP contribution in [0.3, 0.4) is 0 Å². The van der Waals surface area contributed by atoms with Gasteiger partial charge in [-0.25, -0.2) is 4.98 Å². The molecular weight excluding hydrogens is 356 g/mol. The van der Waals surface area contributed by atoms with Gasteiger partial charge in [0.05, 0.1) is 16.8 Å². The van der Waals surface area contributed by atoms with E-state index in [1.54, 1.807) is 29.8 Å². The van der Waals surface area contributed by atoms with Crippen molar-refractivity contribution in [3.8, 4) is 6.07 Å². The molecule has 0 aliphatic rings. The van der Waals surface area contributed by atoms with Crippen molar-refractivity contribution in [3.05, 3.63) is 57.9 Å². The number of nitriles is 1. The Bertz CT molecular complexity index is 936. The van der Waals surface area contributed by atoms with Crippen molar-refractivity contribution in [2.24, 2.45) is 0 Å². The predicted molar refractivity (Wildman–Crippen MR) is 96.8 cm³/mol. The molecule has 0 spiro atoms. The monoisotopic (exact) mass is 370 g/mol. The first kappa shape index (κ1) is 17.2. The third-order valence-corrected chi connectivity index (χ3v) is 5.42. The molecule has 3 aromatic rings. The van der Waals surface area contributed by atoms with Gasteiger partial charge in [-0.3, -0.25) is 4.79 Å². The molecule has 0 fully saturated rings. The van der Waals surface area contributed by atoms with Crippen LogP contribution in [-0.4, -0.2) is 16.0 Å². The number of aryl methyl sites for hydroxylation is 2. The summed E-state index contributed by atoms with van der Waals surface area (Å²) in [4.78, 5) is 16.9. The van der Waals surface area contributed by atoms with Gasteiger partial charge >= 0.3 is 0 Å². The summed E-state index contributed by atoms with van der Waals surface area (Å²) < 4.78 is 5.16. The maximum atomic E-state index is 12.6. The van der Waals surface area contributed by atoms with E-state index < -0.39 is 0 Å². The molecule has 1 N–H and O–H groups in total. The van der Waals surface area contributed by atoms with Crippen molar-refractivity contribution in [2.75, 3.05) is 5.32 Å². The van der Waals surface area contributed by atoms with Crippen LogP contribution in [0.5, 0.6) is 0 Å². The molecule has 126 valence electrons. The molecule has 0 saturated carbocycles. The summed E-state index contributed by atoms with van der Waals surface area (Å²) in [6, 6.07) is 7.17. The molecule has 0 bridgehead atoms. The quantitative estimate of drug-likeness (QED) is 0.678. The average molecular weight is 370 g/mol. The van der Waals surface area contributed by atoms with Crippen LogP contribution in [0.15, 0.2) is 39.3 Å². The number of nitrogens with one attached hydrogen (secondary N) is 1. The molecule has 3 heterocycles. The molecule has 0 radical (unpaired) electrons. The number of rotatable bonds is 5. The maximum absolute atomic E-state index is 12.6. The number of carbonyl (C=O) groups excluding carboxylic acids is 1. The number of anilines is 1. The zero-order valence-electron chi connectivity index (χ0n) is 13.6. The Balaban J connectivity index is 1.79. The Labute approximate surface area is 152 Å². The SMILES string of the molecule is Cc1noc(C)c1CSc1ncccc1C(=O)Nc1sccc1C#N. The lowest BCUT2D eigenvalue weighted by Gasteiger charge is -2.08. The van der Waals surface area contributed by atoms with Gasteiger partial charge in [-0.15, -0.1) is 23.1 Å². The summed E-state index contributed by atoms with van der Waals surface area (Å²) in [5.74, 6) is 1.10. The Hall–Kier alpha value is -2.63. The number of pyridine rings is 1. The van der Waals surface area contributed by atoms with Gasteiger partial charge in [-0.2, -0.15) is 5.26 Å². The van der Waals surface area contributed by atoms with Gasteiger partial charge in [0.1, 0.15) is 21.9 Å². The van der Waals surface area contributed by atoms with Crippen molar-refractivity contribution >= 4 is 34.0 Å². The minimum absolute atomic E-state index is 0.284. The lowest BCUT2D eigenvalue weighted by Crippen LogP contribution is -2.13. The standard InChI is InChI=1S/C17H14N4O2S2/c1-10-14(11(2)23-21-10)9-25-17-13(4-3-6-19-17)15(22)20-16-12(8-18)5-7-24-16/h3-7H,9H2,1-2H3,(H,20,22). The number of hydrogen-bond donors (Lipinski definition) is 1. The van der Waals surface area contributed by atoms with Crippen LogP contribution in [0.1, 0.15) is 32.9 Å². The second-order valence-corrected chi connectivity index (χ2v) is 7.06. The highest BCUT2D eigenvalue weighted by molar-refractivity contribution is 7.98. The normalized spacial score (nSPS) is 10.4. The molecule has 0 aromatic carbocycles. The number of thioether (sulfide) groups is 1. The zero-order valence-corrected chi connectivity index (χ0v) is 15.2. The molecule has 1 amide bonds. The predicted octanol–water partition coefficient (Wildman–Crippen LogP) is 4.16. The van der Waals surface area contributed by atoms with Gasteiger partial charge in [-0.05, 0) is 37.4 Å². The fraction of sp³-hybridized carbons (Fsp3) is 0.176. The van der Waals surface area contributed by atoms with Crippen molar-refractivity contribution in [3.63, 3.8) is 0 Å². The molecule has 0 saturated heterocycles. The largest absolute Gasteiger partial charge is 0.361 e.